The Labute approximate surface area is 165 Å². The first-order valence-electron chi connectivity index (χ1n) is 9.02. The molecule has 2 saturated heterocycles. The second-order valence-electron chi connectivity index (χ2n) is 7.11. The van der Waals surface area contributed by atoms with Crippen LogP contribution in [0.1, 0.15) is 16.8 Å². The number of aromatic amines is 1. The van der Waals surface area contributed by atoms with Crippen LogP contribution in [0.3, 0.4) is 0 Å². The summed E-state index contributed by atoms with van der Waals surface area (Å²) in [4.78, 5) is 21.4. The molecule has 8 heteroatoms. The number of pyridine rings is 1. The van der Waals surface area contributed by atoms with Crippen LogP contribution in [0.25, 0.3) is 22.0 Å². The standard InChI is InChI=1S/C20H18ClN3O4/c1-27-19-12(2-3-18(23-19)24-8-11-4-10(24)9-28-11)13-5-14-15(20(25)26)7-22-17(14)6-16(13)21/h2-3,5-7,10-11,22H,4,8-9H2,1H3,(H,25,26). The zero-order valence-electron chi connectivity index (χ0n) is 15.1. The number of hydrogen-bond donors (Lipinski definition) is 2. The van der Waals surface area contributed by atoms with Crippen LogP contribution in [0.15, 0.2) is 30.5 Å². The summed E-state index contributed by atoms with van der Waals surface area (Å²) in [6, 6.07) is 7.72. The molecule has 4 heterocycles. The monoisotopic (exact) mass is 399 g/mol. The van der Waals surface area contributed by atoms with Crippen molar-refractivity contribution < 1.29 is 19.4 Å². The lowest BCUT2D eigenvalue weighted by atomic mass is 10.0. The van der Waals surface area contributed by atoms with Crippen molar-refractivity contribution in [2.45, 2.75) is 18.6 Å². The third kappa shape index (κ3) is 2.62. The highest BCUT2D eigenvalue weighted by molar-refractivity contribution is 6.34. The van der Waals surface area contributed by atoms with Crippen LogP contribution in [0.5, 0.6) is 5.88 Å². The molecule has 3 aromatic rings. The zero-order valence-corrected chi connectivity index (χ0v) is 15.9. The lowest BCUT2D eigenvalue weighted by molar-refractivity contribution is 0.0699. The van der Waals surface area contributed by atoms with Crippen molar-refractivity contribution in [2.75, 3.05) is 25.2 Å². The maximum absolute atomic E-state index is 11.5. The first-order chi connectivity index (χ1) is 13.5. The molecule has 2 aliphatic rings. The minimum absolute atomic E-state index is 0.199. The molecule has 2 fully saturated rings. The SMILES string of the molecule is COc1nc(N2CC3CC2CO3)ccc1-c1cc2c(C(=O)O)c[nH]c2cc1Cl. The van der Waals surface area contributed by atoms with Crippen LogP contribution in [-0.2, 0) is 4.74 Å². The number of ether oxygens (including phenoxy) is 2. The fourth-order valence-corrected chi connectivity index (χ4v) is 4.42. The number of carbonyl (C=O) groups is 1. The van der Waals surface area contributed by atoms with E-state index in [1.54, 1.807) is 19.2 Å². The third-order valence-electron chi connectivity index (χ3n) is 5.52. The summed E-state index contributed by atoms with van der Waals surface area (Å²) in [6.45, 7) is 1.56. The Morgan fingerprint density at radius 1 is 1.39 bits per heavy atom. The molecular weight excluding hydrogens is 382 g/mol. The number of aromatic nitrogens is 2. The summed E-state index contributed by atoms with van der Waals surface area (Å²) in [5, 5.41) is 10.5. The van der Waals surface area contributed by atoms with Gasteiger partial charge in [-0.05, 0) is 30.7 Å². The van der Waals surface area contributed by atoms with Gasteiger partial charge in [-0.3, -0.25) is 0 Å². The number of benzene rings is 1. The Kier molecular flexibility index (Phi) is 3.96. The van der Waals surface area contributed by atoms with Crippen molar-refractivity contribution in [2.24, 2.45) is 0 Å². The highest BCUT2D eigenvalue weighted by Gasteiger charge is 2.39. The molecular formula is C20H18ClN3O4. The number of nitrogens with zero attached hydrogens (tertiary/aromatic N) is 2. The number of aromatic carboxylic acids is 1. The van der Waals surface area contributed by atoms with E-state index in [2.05, 4.69) is 9.88 Å². The van der Waals surface area contributed by atoms with Gasteiger partial charge in [-0.2, -0.15) is 4.98 Å². The summed E-state index contributed by atoms with van der Waals surface area (Å²) in [5.41, 5.74) is 2.27. The van der Waals surface area contributed by atoms with Crippen molar-refractivity contribution in [3.05, 3.63) is 41.0 Å². The number of methoxy groups -OCH3 is 1. The Bertz CT molecular complexity index is 1100. The maximum atomic E-state index is 11.5. The van der Waals surface area contributed by atoms with Gasteiger partial charge in [-0.1, -0.05) is 11.6 Å². The van der Waals surface area contributed by atoms with Crippen LogP contribution < -0.4 is 9.64 Å². The van der Waals surface area contributed by atoms with Gasteiger partial charge in [0.25, 0.3) is 0 Å². The van der Waals surface area contributed by atoms with Gasteiger partial charge in [-0.15, -0.1) is 0 Å². The Balaban J connectivity index is 1.60. The van der Waals surface area contributed by atoms with Gasteiger partial charge in [-0.25, -0.2) is 4.79 Å². The predicted molar refractivity (Wildman–Crippen MR) is 106 cm³/mol. The van der Waals surface area contributed by atoms with Crippen molar-refractivity contribution in [1.82, 2.24) is 9.97 Å². The minimum atomic E-state index is -0.994. The molecule has 0 spiro atoms. The molecule has 2 N–H and O–H groups in total. The highest BCUT2D eigenvalue weighted by Crippen LogP contribution is 2.39. The summed E-state index contributed by atoms with van der Waals surface area (Å²) >= 11 is 6.50. The predicted octanol–water partition coefficient (Wildman–Crippen LogP) is 3.57. The van der Waals surface area contributed by atoms with Gasteiger partial charge in [0.2, 0.25) is 5.88 Å². The number of carboxylic acid groups (broad SMARTS) is 1. The topological polar surface area (TPSA) is 87.7 Å². The van der Waals surface area contributed by atoms with E-state index in [1.165, 1.54) is 6.20 Å². The molecule has 2 unspecified atom stereocenters. The number of carboxylic acids is 1. The maximum Gasteiger partial charge on any atom is 0.337 e. The second kappa shape index (κ2) is 6.39. The Morgan fingerprint density at radius 3 is 2.93 bits per heavy atom. The van der Waals surface area contributed by atoms with E-state index in [9.17, 15) is 9.90 Å². The van der Waals surface area contributed by atoms with E-state index in [1.807, 2.05) is 12.1 Å². The quantitative estimate of drug-likeness (QED) is 0.697. The van der Waals surface area contributed by atoms with Crippen molar-refractivity contribution in [3.63, 3.8) is 0 Å². The lowest BCUT2D eigenvalue weighted by Gasteiger charge is -2.28. The molecule has 0 amide bonds. The molecule has 5 rings (SSSR count). The number of fused-ring (bicyclic) bond motifs is 3. The third-order valence-corrected chi connectivity index (χ3v) is 5.84. The highest BCUT2D eigenvalue weighted by atomic mass is 35.5. The largest absolute Gasteiger partial charge is 0.480 e. The average molecular weight is 400 g/mol. The number of anilines is 1. The molecule has 1 aromatic carbocycles. The van der Waals surface area contributed by atoms with Gasteiger partial charge in [0.1, 0.15) is 5.82 Å². The Hall–Kier alpha value is -2.77. The van der Waals surface area contributed by atoms with Crippen molar-refractivity contribution in [1.29, 1.82) is 0 Å². The first-order valence-corrected chi connectivity index (χ1v) is 9.40. The molecule has 0 radical (unpaired) electrons. The zero-order chi connectivity index (χ0) is 19.4. The van der Waals surface area contributed by atoms with Crippen molar-refractivity contribution >= 4 is 34.3 Å². The number of halogens is 1. The van der Waals surface area contributed by atoms with Crippen LogP contribution in [0.2, 0.25) is 5.02 Å². The molecule has 2 atom stereocenters. The minimum Gasteiger partial charge on any atom is -0.480 e. The molecule has 7 nitrogen and oxygen atoms in total. The number of rotatable bonds is 4. The van der Waals surface area contributed by atoms with Gasteiger partial charge in [0.05, 0.1) is 36.4 Å². The normalized spacial score (nSPS) is 20.9. The summed E-state index contributed by atoms with van der Waals surface area (Å²) in [6.07, 6.45) is 2.77. The number of hydrogen-bond acceptors (Lipinski definition) is 5. The van der Waals surface area contributed by atoms with E-state index in [-0.39, 0.29) is 11.7 Å². The fourth-order valence-electron chi connectivity index (χ4n) is 4.16. The Morgan fingerprint density at radius 2 is 2.25 bits per heavy atom. The number of nitrogens with one attached hydrogen (secondary N) is 1. The average Bonchev–Trinajstić information content (AvgIpc) is 3.42. The van der Waals surface area contributed by atoms with Gasteiger partial charge in [0, 0.05) is 34.8 Å². The summed E-state index contributed by atoms with van der Waals surface area (Å²) in [5.74, 6) is 0.308. The summed E-state index contributed by atoms with van der Waals surface area (Å²) in [7, 11) is 1.57. The van der Waals surface area contributed by atoms with E-state index < -0.39 is 5.97 Å². The number of H-pyrrole nitrogens is 1. The fraction of sp³-hybridized carbons (Fsp3) is 0.300. The van der Waals surface area contributed by atoms with Crippen LogP contribution in [-0.4, -0.2) is 53.5 Å². The van der Waals surface area contributed by atoms with E-state index in [4.69, 9.17) is 26.1 Å². The first kappa shape index (κ1) is 17.3. The number of morpholine rings is 1. The smallest absolute Gasteiger partial charge is 0.337 e. The van der Waals surface area contributed by atoms with Gasteiger partial charge >= 0.3 is 5.97 Å². The van der Waals surface area contributed by atoms with Gasteiger partial charge in [0.15, 0.2) is 0 Å². The molecule has 0 aliphatic carbocycles. The van der Waals surface area contributed by atoms with E-state index in [0.717, 1.165) is 31.0 Å². The second-order valence-corrected chi connectivity index (χ2v) is 7.52. The van der Waals surface area contributed by atoms with E-state index in [0.29, 0.717) is 33.4 Å². The molecule has 144 valence electrons. The summed E-state index contributed by atoms with van der Waals surface area (Å²) < 4.78 is 11.2. The van der Waals surface area contributed by atoms with Crippen LogP contribution in [0, 0.1) is 0 Å². The molecule has 2 bridgehead atoms. The van der Waals surface area contributed by atoms with Gasteiger partial charge < -0.3 is 24.5 Å². The van der Waals surface area contributed by atoms with Crippen LogP contribution in [0.4, 0.5) is 5.82 Å². The van der Waals surface area contributed by atoms with Crippen LogP contribution >= 0.6 is 11.6 Å². The molecule has 0 saturated carbocycles. The molecule has 2 aromatic heterocycles. The lowest BCUT2D eigenvalue weighted by Crippen LogP contribution is -2.37. The molecule has 28 heavy (non-hydrogen) atoms. The van der Waals surface area contributed by atoms with Crippen molar-refractivity contribution in [3.8, 4) is 17.0 Å². The van der Waals surface area contributed by atoms with E-state index >= 15 is 0 Å². The molecule has 2 aliphatic heterocycles.